The Balaban J connectivity index is 2.26. The lowest BCUT2D eigenvalue weighted by molar-refractivity contribution is 0.645. The molecule has 0 saturated heterocycles. The number of hydrogen-bond acceptors (Lipinski definition) is 2. The summed E-state index contributed by atoms with van der Waals surface area (Å²) in [6, 6.07) is 17.2. The third kappa shape index (κ3) is 4.08. The van der Waals surface area contributed by atoms with Gasteiger partial charge in [0.05, 0.1) is 0 Å². The first-order valence-electron chi connectivity index (χ1n) is 7.52. The van der Waals surface area contributed by atoms with Gasteiger partial charge >= 0.3 is 0 Å². The minimum atomic E-state index is 0.226. The molecule has 0 aromatic heterocycles. The molecule has 0 spiro atoms. The van der Waals surface area contributed by atoms with E-state index < -0.39 is 0 Å². The summed E-state index contributed by atoms with van der Waals surface area (Å²) in [5, 5.41) is 0. The third-order valence-electron chi connectivity index (χ3n) is 3.74. The molecule has 0 aliphatic carbocycles. The van der Waals surface area contributed by atoms with Gasteiger partial charge in [0.15, 0.2) is 0 Å². The highest BCUT2D eigenvalue weighted by Crippen LogP contribution is 2.29. The van der Waals surface area contributed by atoms with Crippen molar-refractivity contribution >= 4 is 27.3 Å². The van der Waals surface area contributed by atoms with Crippen molar-refractivity contribution in [3.63, 3.8) is 0 Å². The van der Waals surface area contributed by atoms with E-state index in [1.807, 2.05) is 6.07 Å². The summed E-state index contributed by atoms with van der Waals surface area (Å²) in [7, 11) is 0. The zero-order valence-corrected chi connectivity index (χ0v) is 14.3. The lowest BCUT2D eigenvalue weighted by Gasteiger charge is -2.24. The fraction of sp³-hybridized carbons (Fsp3) is 0.333. The number of rotatable bonds is 6. The van der Waals surface area contributed by atoms with Gasteiger partial charge in [0, 0.05) is 28.4 Å². The van der Waals surface area contributed by atoms with Crippen LogP contribution in [-0.2, 0) is 6.42 Å². The first kappa shape index (κ1) is 16.1. The maximum absolute atomic E-state index is 6.06. The highest BCUT2D eigenvalue weighted by molar-refractivity contribution is 9.10. The Morgan fingerprint density at radius 3 is 2.33 bits per heavy atom. The lowest BCUT2D eigenvalue weighted by Crippen LogP contribution is -2.21. The number of nitrogens with zero attached hydrogens (tertiary/aromatic N) is 1. The van der Waals surface area contributed by atoms with Crippen LogP contribution in [0.4, 0.5) is 11.4 Å². The second-order valence-corrected chi connectivity index (χ2v) is 6.08. The molecule has 0 radical (unpaired) electrons. The van der Waals surface area contributed by atoms with Crippen LogP contribution in [0.1, 0.15) is 25.8 Å². The van der Waals surface area contributed by atoms with Gasteiger partial charge < -0.3 is 10.6 Å². The van der Waals surface area contributed by atoms with Crippen molar-refractivity contribution in [3.8, 4) is 0 Å². The maximum atomic E-state index is 6.06. The highest BCUT2D eigenvalue weighted by atomic mass is 79.9. The standard InChI is InChI=1S/C18H23BrN2/c1-3-15(20)12-14-10-11-17(13-18(14)19)21(4-2)16-8-6-5-7-9-16/h5-11,13,15H,3-4,12,20H2,1-2H3. The number of anilines is 2. The van der Waals surface area contributed by atoms with E-state index >= 15 is 0 Å². The highest BCUT2D eigenvalue weighted by Gasteiger charge is 2.10. The van der Waals surface area contributed by atoms with Crippen LogP contribution in [0, 0.1) is 0 Å². The van der Waals surface area contributed by atoms with Crippen molar-refractivity contribution in [3.05, 3.63) is 58.6 Å². The molecule has 2 aromatic carbocycles. The first-order valence-corrected chi connectivity index (χ1v) is 8.31. The molecule has 0 aliphatic heterocycles. The number of nitrogens with two attached hydrogens (primary N) is 1. The summed E-state index contributed by atoms with van der Waals surface area (Å²) in [4.78, 5) is 2.30. The molecule has 112 valence electrons. The Morgan fingerprint density at radius 1 is 1.05 bits per heavy atom. The smallest absolute Gasteiger partial charge is 0.0422 e. The molecule has 1 atom stereocenters. The van der Waals surface area contributed by atoms with Crippen LogP contribution in [0.25, 0.3) is 0 Å². The van der Waals surface area contributed by atoms with E-state index in [1.165, 1.54) is 16.9 Å². The summed E-state index contributed by atoms with van der Waals surface area (Å²) in [6.45, 7) is 5.23. The number of hydrogen-bond donors (Lipinski definition) is 1. The molecule has 0 heterocycles. The Morgan fingerprint density at radius 2 is 1.76 bits per heavy atom. The molecule has 3 heteroatoms. The van der Waals surface area contributed by atoms with Crippen molar-refractivity contribution in [2.75, 3.05) is 11.4 Å². The van der Waals surface area contributed by atoms with E-state index in [0.717, 1.165) is 23.9 Å². The van der Waals surface area contributed by atoms with Crippen LogP contribution in [0.3, 0.4) is 0 Å². The second-order valence-electron chi connectivity index (χ2n) is 5.23. The average molecular weight is 347 g/mol. The molecule has 0 aliphatic rings. The van der Waals surface area contributed by atoms with E-state index in [2.05, 4.69) is 77.1 Å². The monoisotopic (exact) mass is 346 g/mol. The van der Waals surface area contributed by atoms with Crippen LogP contribution in [-0.4, -0.2) is 12.6 Å². The van der Waals surface area contributed by atoms with Gasteiger partial charge in [0.25, 0.3) is 0 Å². The number of para-hydroxylation sites is 1. The van der Waals surface area contributed by atoms with E-state index in [-0.39, 0.29) is 6.04 Å². The predicted octanol–water partition coefficient (Wildman–Crippen LogP) is 4.89. The summed E-state index contributed by atoms with van der Waals surface area (Å²) < 4.78 is 1.14. The topological polar surface area (TPSA) is 29.3 Å². The van der Waals surface area contributed by atoms with Gasteiger partial charge in [-0.2, -0.15) is 0 Å². The molecule has 21 heavy (non-hydrogen) atoms. The van der Waals surface area contributed by atoms with Crippen LogP contribution in [0.5, 0.6) is 0 Å². The third-order valence-corrected chi connectivity index (χ3v) is 4.48. The van der Waals surface area contributed by atoms with E-state index in [4.69, 9.17) is 5.73 Å². The van der Waals surface area contributed by atoms with Gasteiger partial charge in [0.2, 0.25) is 0 Å². The molecule has 2 rings (SSSR count). The van der Waals surface area contributed by atoms with Gasteiger partial charge in [0.1, 0.15) is 0 Å². The summed E-state index contributed by atoms with van der Waals surface area (Å²) >= 11 is 3.69. The molecule has 2 nitrogen and oxygen atoms in total. The van der Waals surface area contributed by atoms with Crippen molar-refractivity contribution in [2.24, 2.45) is 5.73 Å². The summed E-state index contributed by atoms with van der Waals surface area (Å²) in [6.07, 6.45) is 1.91. The summed E-state index contributed by atoms with van der Waals surface area (Å²) in [5.41, 5.74) is 9.74. The number of benzene rings is 2. The largest absolute Gasteiger partial charge is 0.342 e. The van der Waals surface area contributed by atoms with Gasteiger partial charge in [-0.1, -0.05) is 47.1 Å². The Hall–Kier alpha value is -1.32. The van der Waals surface area contributed by atoms with Crippen molar-refractivity contribution < 1.29 is 0 Å². The van der Waals surface area contributed by atoms with Crippen LogP contribution >= 0.6 is 15.9 Å². The maximum Gasteiger partial charge on any atom is 0.0422 e. The van der Waals surface area contributed by atoms with Gasteiger partial charge in [-0.25, -0.2) is 0 Å². The zero-order valence-electron chi connectivity index (χ0n) is 12.7. The van der Waals surface area contributed by atoms with E-state index in [1.54, 1.807) is 0 Å². The van der Waals surface area contributed by atoms with E-state index in [9.17, 15) is 0 Å². The minimum absolute atomic E-state index is 0.226. The average Bonchev–Trinajstić information content (AvgIpc) is 2.51. The van der Waals surface area contributed by atoms with Crippen LogP contribution < -0.4 is 10.6 Å². The molecule has 2 aromatic rings. The quantitative estimate of drug-likeness (QED) is 0.806. The molecule has 0 fully saturated rings. The Bertz CT molecular complexity index is 569. The Kier molecular flexibility index (Phi) is 5.83. The normalized spacial score (nSPS) is 12.2. The van der Waals surface area contributed by atoms with Gasteiger partial charge in [-0.3, -0.25) is 0 Å². The van der Waals surface area contributed by atoms with E-state index in [0.29, 0.717) is 0 Å². The van der Waals surface area contributed by atoms with Crippen LogP contribution in [0.15, 0.2) is 53.0 Å². The number of halogens is 1. The van der Waals surface area contributed by atoms with Crippen LogP contribution in [0.2, 0.25) is 0 Å². The molecule has 0 saturated carbocycles. The Labute approximate surface area is 136 Å². The molecule has 2 N–H and O–H groups in total. The van der Waals surface area contributed by atoms with Gasteiger partial charge in [-0.05, 0) is 49.6 Å². The SMILES string of the molecule is CCC(N)Cc1ccc(N(CC)c2ccccc2)cc1Br. The van der Waals surface area contributed by atoms with Crippen molar-refractivity contribution in [1.29, 1.82) is 0 Å². The fourth-order valence-corrected chi connectivity index (χ4v) is 2.95. The molecular formula is C18H23BrN2. The van der Waals surface area contributed by atoms with Crippen molar-refractivity contribution in [1.82, 2.24) is 0 Å². The second kappa shape index (κ2) is 7.62. The molecule has 1 unspecified atom stereocenters. The lowest BCUT2D eigenvalue weighted by atomic mass is 10.0. The zero-order chi connectivity index (χ0) is 15.2. The van der Waals surface area contributed by atoms with Crippen molar-refractivity contribution in [2.45, 2.75) is 32.7 Å². The predicted molar refractivity (Wildman–Crippen MR) is 95.2 cm³/mol. The molecule has 0 bridgehead atoms. The molecular weight excluding hydrogens is 324 g/mol. The first-order chi connectivity index (χ1) is 10.2. The van der Waals surface area contributed by atoms with Gasteiger partial charge in [-0.15, -0.1) is 0 Å². The minimum Gasteiger partial charge on any atom is -0.342 e. The fourth-order valence-electron chi connectivity index (χ4n) is 2.42. The summed E-state index contributed by atoms with van der Waals surface area (Å²) in [5.74, 6) is 0. The molecule has 0 amide bonds.